The van der Waals surface area contributed by atoms with Crippen molar-refractivity contribution in [2.75, 3.05) is 0 Å². The maximum atomic E-state index is 6.23. The van der Waals surface area contributed by atoms with Crippen molar-refractivity contribution < 1.29 is 4.43 Å². The van der Waals surface area contributed by atoms with Crippen LogP contribution in [0.25, 0.3) is 0 Å². The van der Waals surface area contributed by atoms with Crippen molar-refractivity contribution in [1.82, 2.24) is 4.98 Å². The molecule has 15 heavy (non-hydrogen) atoms. The zero-order valence-corrected chi connectivity index (χ0v) is 12.3. The van der Waals surface area contributed by atoms with Gasteiger partial charge in [0.1, 0.15) is 5.01 Å². The lowest BCUT2D eigenvalue weighted by Crippen LogP contribution is -2.41. The van der Waals surface area contributed by atoms with E-state index in [-0.39, 0.29) is 11.1 Å². The Morgan fingerprint density at radius 1 is 1.40 bits per heavy atom. The molecule has 0 aliphatic rings. The van der Waals surface area contributed by atoms with E-state index in [1.807, 2.05) is 11.6 Å². The predicted octanol–water partition coefficient (Wildman–Crippen LogP) is 4.23. The molecule has 1 aromatic rings. The third-order valence-electron chi connectivity index (χ3n) is 3.08. The van der Waals surface area contributed by atoms with Crippen LogP contribution in [0, 0.1) is 0 Å². The minimum atomic E-state index is -1.66. The lowest BCUT2D eigenvalue weighted by atomic mass is 10.2. The molecule has 1 rings (SSSR count). The molecule has 0 saturated carbocycles. The van der Waals surface area contributed by atoms with Gasteiger partial charge in [-0.3, -0.25) is 0 Å². The average Bonchev–Trinajstić information content (AvgIpc) is 2.51. The second-order valence-corrected chi connectivity index (χ2v) is 11.1. The fraction of sp³-hybridized carbons (Fsp3) is 0.727. The Labute approximate surface area is 97.8 Å². The highest BCUT2D eigenvalue weighted by Crippen LogP contribution is 2.39. The van der Waals surface area contributed by atoms with E-state index in [1.54, 1.807) is 11.3 Å². The largest absolute Gasteiger partial charge is 0.408 e. The summed E-state index contributed by atoms with van der Waals surface area (Å²) >= 11 is 1.67. The van der Waals surface area contributed by atoms with Gasteiger partial charge in [-0.15, -0.1) is 11.3 Å². The van der Waals surface area contributed by atoms with Crippen molar-refractivity contribution in [2.45, 2.75) is 51.9 Å². The Hall–Kier alpha value is -0.193. The fourth-order valence-electron chi connectivity index (χ4n) is 1.10. The normalized spacial score (nSPS) is 15.3. The van der Waals surface area contributed by atoms with Gasteiger partial charge in [0.2, 0.25) is 0 Å². The Kier molecular flexibility index (Phi) is 3.74. The van der Waals surface area contributed by atoms with E-state index >= 15 is 0 Å². The summed E-state index contributed by atoms with van der Waals surface area (Å²) < 4.78 is 6.23. The Balaban J connectivity index is 2.70. The molecule has 0 aromatic carbocycles. The number of nitrogens with zero attached hydrogens (tertiary/aromatic N) is 1. The minimum absolute atomic E-state index is 0.130. The molecule has 2 nitrogen and oxygen atoms in total. The zero-order valence-electron chi connectivity index (χ0n) is 10.5. The van der Waals surface area contributed by atoms with E-state index in [1.165, 1.54) is 0 Å². The van der Waals surface area contributed by atoms with Crippen molar-refractivity contribution in [2.24, 2.45) is 0 Å². The van der Waals surface area contributed by atoms with E-state index in [0.717, 1.165) is 5.01 Å². The van der Waals surface area contributed by atoms with Gasteiger partial charge in [0.05, 0.1) is 6.10 Å². The minimum Gasteiger partial charge on any atom is -0.408 e. The summed E-state index contributed by atoms with van der Waals surface area (Å²) in [4.78, 5) is 4.30. The van der Waals surface area contributed by atoms with Crippen LogP contribution in [-0.4, -0.2) is 13.3 Å². The highest BCUT2D eigenvalue weighted by atomic mass is 32.1. The van der Waals surface area contributed by atoms with Crippen LogP contribution in [0.5, 0.6) is 0 Å². The highest BCUT2D eigenvalue weighted by Gasteiger charge is 2.38. The van der Waals surface area contributed by atoms with Gasteiger partial charge in [0.15, 0.2) is 8.32 Å². The number of hydrogen-bond donors (Lipinski definition) is 0. The van der Waals surface area contributed by atoms with Crippen LogP contribution in [0.3, 0.4) is 0 Å². The third-order valence-corrected chi connectivity index (χ3v) is 8.57. The van der Waals surface area contributed by atoms with E-state index in [9.17, 15) is 0 Å². The molecule has 0 saturated heterocycles. The fourth-order valence-corrected chi connectivity index (χ4v) is 3.16. The molecule has 0 aliphatic carbocycles. The van der Waals surface area contributed by atoms with Crippen LogP contribution in [0.2, 0.25) is 18.1 Å². The molecule has 0 fully saturated rings. The SMILES string of the molecule is C[C@@H](O[Si](C)(C)C(C)(C)C)c1nccs1. The first kappa shape index (κ1) is 12.9. The summed E-state index contributed by atoms with van der Waals surface area (Å²) in [5.41, 5.74) is 0. The number of rotatable bonds is 3. The first-order valence-corrected chi connectivity index (χ1v) is 9.10. The average molecular weight is 243 g/mol. The number of hydrogen-bond acceptors (Lipinski definition) is 3. The van der Waals surface area contributed by atoms with Crippen LogP contribution in [0.15, 0.2) is 11.6 Å². The van der Waals surface area contributed by atoms with Crippen LogP contribution in [0.1, 0.15) is 38.8 Å². The third kappa shape index (κ3) is 3.13. The molecule has 86 valence electrons. The Morgan fingerprint density at radius 2 is 2.00 bits per heavy atom. The van der Waals surface area contributed by atoms with Gasteiger partial charge < -0.3 is 4.43 Å². The van der Waals surface area contributed by atoms with Gasteiger partial charge in [-0.05, 0) is 25.1 Å². The van der Waals surface area contributed by atoms with Crippen molar-refractivity contribution in [3.05, 3.63) is 16.6 Å². The summed E-state index contributed by atoms with van der Waals surface area (Å²) in [5, 5.41) is 3.35. The molecule has 0 N–H and O–H groups in total. The molecule has 1 heterocycles. The summed E-state index contributed by atoms with van der Waals surface area (Å²) in [6.07, 6.45) is 1.97. The van der Waals surface area contributed by atoms with Crippen molar-refractivity contribution in [3.8, 4) is 0 Å². The standard InChI is InChI=1S/C11H21NOSSi/c1-9(10-12-7-8-14-10)13-15(5,6)11(2,3)4/h7-9H,1-6H3/t9-/m1/s1. The van der Waals surface area contributed by atoms with Crippen LogP contribution < -0.4 is 0 Å². The molecule has 0 spiro atoms. The van der Waals surface area contributed by atoms with Gasteiger partial charge in [-0.1, -0.05) is 20.8 Å². The molecule has 0 amide bonds. The second-order valence-electron chi connectivity index (χ2n) is 5.39. The molecule has 0 aliphatic heterocycles. The van der Waals surface area contributed by atoms with Gasteiger partial charge in [0.25, 0.3) is 0 Å². The van der Waals surface area contributed by atoms with Gasteiger partial charge in [0, 0.05) is 11.6 Å². The van der Waals surface area contributed by atoms with Gasteiger partial charge in [-0.2, -0.15) is 0 Å². The Bertz CT molecular complexity index is 303. The highest BCUT2D eigenvalue weighted by molar-refractivity contribution is 7.09. The first-order chi connectivity index (χ1) is 6.74. The second kappa shape index (κ2) is 4.35. The predicted molar refractivity (Wildman–Crippen MR) is 68.8 cm³/mol. The zero-order chi connectivity index (χ0) is 11.7. The Morgan fingerprint density at radius 3 is 2.40 bits per heavy atom. The molecule has 0 unspecified atom stereocenters. The lowest BCUT2D eigenvalue weighted by Gasteiger charge is -2.38. The van der Waals surface area contributed by atoms with Crippen LogP contribution in [-0.2, 0) is 4.43 Å². The molecule has 0 radical (unpaired) electrons. The summed E-state index contributed by atoms with van der Waals surface area (Å²) in [7, 11) is -1.66. The molecule has 1 atom stereocenters. The van der Waals surface area contributed by atoms with Crippen molar-refractivity contribution >= 4 is 19.7 Å². The lowest BCUT2D eigenvalue weighted by molar-refractivity contribution is 0.202. The number of thiazole rings is 1. The number of aromatic nitrogens is 1. The molecule has 1 aromatic heterocycles. The van der Waals surface area contributed by atoms with E-state index < -0.39 is 8.32 Å². The molecular weight excluding hydrogens is 222 g/mol. The monoisotopic (exact) mass is 243 g/mol. The maximum absolute atomic E-state index is 6.23. The maximum Gasteiger partial charge on any atom is 0.193 e. The van der Waals surface area contributed by atoms with Crippen molar-refractivity contribution in [1.29, 1.82) is 0 Å². The van der Waals surface area contributed by atoms with E-state index in [4.69, 9.17) is 4.43 Å². The molecular formula is C11H21NOSSi. The van der Waals surface area contributed by atoms with Crippen LogP contribution >= 0.6 is 11.3 Å². The van der Waals surface area contributed by atoms with E-state index in [2.05, 4.69) is 45.8 Å². The summed E-state index contributed by atoms with van der Waals surface area (Å²) in [6, 6.07) is 0. The van der Waals surface area contributed by atoms with Crippen molar-refractivity contribution in [3.63, 3.8) is 0 Å². The summed E-state index contributed by atoms with van der Waals surface area (Å²) in [6.45, 7) is 13.4. The van der Waals surface area contributed by atoms with E-state index in [0.29, 0.717) is 0 Å². The first-order valence-electron chi connectivity index (χ1n) is 5.31. The molecule has 4 heteroatoms. The summed E-state index contributed by atoms with van der Waals surface area (Å²) in [5.74, 6) is 0. The smallest absolute Gasteiger partial charge is 0.193 e. The van der Waals surface area contributed by atoms with Gasteiger partial charge in [-0.25, -0.2) is 4.98 Å². The topological polar surface area (TPSA) is 22.1 Å². The van der Waals surface area contributed by atoms with Crippen LogP contribution in [0.4, 0.5) is 0 Å². The quantitative estimate of drug-likeness (QED) is 0.741. The van der Waals surface area contributed by atoms with Gasteiger partial charge >= 0.3 is 0 Å². The molecule has 0 bridgehead atoms.